The first-order valence-corrected chi connectivity index (χ1v) is 9.28. The van der Waals surface area contributed by atoms with Gasteiger partial charge in [-0.15, -0.1) is 0 Å². The summed E-state index contributed by atoms with van der Waals surface area (Å²) in [6, 6.07) is 1.91. The predicted molar refractivity (Wildman–Crippen MR) is 97.5 cm³/mol. The Hall–Kier alpha value is -2.64. The van der Waals surface area contributed by atoms with E-state index < -0.39 is 5.60 Å². The van der Waals surface area contributed by atoms with Crippen molar-refractivity contribution in [2.75, 3.05) is 0 Å². The summed E-state index contributed by atoms with van der Waals surface area (Å²) in [7, 11) is 0. The van der Waals surface area contributed by atoms with E-state index in [0.29, 0.717) is 16.8 Å². The predicted octanol–water partition coefficient (Wildman–Crippen LogP) is 3.04. The third kappa shape index (κ3) is 3.61. The van der Waals surface area contributed by atoms with E-state index in [9.17, 15) is 9.90 Å². The maximum atomic E-state index is 12.5. The molecule has 8 heteroatoms. The van der Waals surface area contributed by atoms with Gasteiger partial charge in [-0.3, -0.25) is 0 Å². The average Bonchev–Trinajstić information content (AvgIpc) is 2.86. The minimum Gasteiger partial charge on any atom is -0.493 e. The zero-order valence-corrected chi connectivity index (χ0v) is 15.8. The third-order valence-electron chi connectivity index (χ3n) is 5.06. The molecule has 27 heavy (non-hydrogen) atoms. The molecule has 0 spiro atoms. The van der Waals surface area contributed by atoms with Crippen LogP contribution in [-0.2, 0) is 4.74 Å². The summed E-state index contributed by atoms with van der Waals surface area (Å²) in [6.45, 7) is 5.65. The van der Waals surface area contributed by atoms with E-state index in [4.69, 9.17) is 9.47 Å². The van der Waals surface area contributed by atoms with Crippen LogP contribution in [-0.4, -0.2) is 54.8 Å². The number of nitrogens with zero attached hydrogens (tertiary/aromatic N) is 4. The maximum absolute atomic E-state index is 12.5. The SMILES string of the molecule is CC(C)(C)OC(=O)N1C2CCC1CC(Oc1cc3c(O)ncnc3cn1)C2. The molecule has 2 unspecified atom stereocenters. The Morgan fingerprint density at radius 2 is 1.89 bits per heavy atom. The van der Waals surface area contributed by atoms with Crippen molar-refractivity contribution in [2.24, 2.45) is 0 Å². The molecule has 0 radical (unpaired) electrons. The normalized spacial score (nSPS) is 24.9. The molecular formula is C19H24N4O4. The number of piperidine rings is 1. The topological polar surface area (TPSA) is 97.7 Å². The fraction of sp³-hybridized carbons (Fsp3) is 0.579. The van der Waals surface area contributed by atoms with E-state index in [1.54, 1.807) is 12.3 Å². The average molecular weight is 372 g/mol. The van der Waals surface area contributed by atoms with Gasteiger partial charge in [-0.2, -0.15) is 0 Å². The summed E-state index contributed by atoms with van der Waals surface area (Å²) in [5, 5.41) is 10.4. The van der Waals surface area contributed by atoms with Gasteiger partial charge in [0.2, 0.25) is 11.8 Å². The summed E-state index contributed by atoms with van der Waals surface area (Å²) < 4.78 is 11.6. The van der Waals surface area contributed by atoms with Gasteiger partial charge in [0.05, 0.1) is 17.1 Å². The molecular weight excluding hydrogens is 348 g/mol. The zero-order valence-electron chi connectivity index (χ0n) is 15.8. The molecule has 1 amide bonds. The van der Waals surface area contributed by atoms with Crippen LogP contribution in [0.15, 0.2) is 18.6 Å². The van der Waals surface area contributed by atoms with Crippen molar-refractivity contribution in [2.45, 2.75) is 70.2 Å². The number of hydrogen-bond donors (Lipinski definition) is 1. The Kier molecular flexibility index (Phi) is 4.28. The summed E-state index contributed by atoms with van der Waals surface area (Å²) in [5.41, 5.74) is 0.0674. The van der Waals surface area contributed by atoms with Crippen molar-refractivity contribution in [3.05, 3.63) is 18.6 Å². The number of ether oxygens (including phenoxy) is 2. The number of fused-ring (bicyclic) bond motifs is 3. The van der Waals surface area contributed by atoms with Crippen LogP contribution in [0.4, 0.5) is 4.79 Å². The molecule has 144 valence electrons. The second-order valence-electron chi connectivity index (χ2n) is 8.22. The van der Waals surface area contributed by atoms with Crippen LogP contribution >= 0.6 is 0 Å². The Balaban J connectivity index is 1.46. The monoisotopic (exact) mass is 372 g/mol. The van der Waals surface area contributed by atoms with Gasteiger partial charge < -0.3 is 19.5 Å². The van der Waals surface area contributed by atoms with E-state index in [1.165, 1.54) is 6.33 Å². The zero-order chi connectivity index (χ0) is 19.2. The van der Waals surface area contributed by atoms with Gasteiger partial charge in [-0.25, -0.2) is 19.7 Å². The number of amides is 1. The highest BCUT2D eigenvalue weighted by Crippen LogP contribution is 2.38. The number of hydrogen-bond acceptors (Lipinski definition) is 7. The van der Waals surface area contributed by atoms with Gasteiger partial charge in [-0.05, 0) is 33.6 Å². The lowest BCUT2D eigenvalue weighted by Crippen LogP contribution is -2.50. The molecule has 4 heterocycles. The molecule has 0 aromatic carbocycles. The highest BCUT2D eigenvalue weighted by molar-refractivity contribution is 5.82. The number of aromatic nitrogens is 3. The minimum atomic E-state index is -0.497. The molecule has 2 aliphatic rings. The summed E-state index contributed by atoms with van der Waals surface area (Å²) in [5.74, 6) is 0.342. The van der Waals surface area contributed by atoms with Crippen molar-refractivity contribution in [3.8, 4) is 11.8 Å². The first-order chi connectivity index (χ1) is 12.8. The molecule has 8 nitrogen and oxygen atoms in total. The van der Waals surface area contributed by atoms with E-state index in [1.807, 2.05) is 25.7 Å². The Morgan fingerprint density at radius 3 is 2.56 bits per heavy atom. The van der Waals surface area contributed by atoms with Crippen molar-refractivity contribution in [1.82, 2.24) is 19.9 Å². The number of carbonyl (C=O) groups excluding carboxylic acids is 1. The van der Waals surface area contributed by atoms with Crippen molar-refractivity contribution < 1.29 is 19.4 Å². The van der Waals surface area contributed by atoms with Crippen molar-refractivity contribution in [3.63, 3.8) is 0 Å². The maximum Gasteiger partial charge on any atom is 0.410 e. The Morgan fingerprint density at radius 1 is 1.19 bits per heavy atom. The Labute approximate surface area is 157 Å². The van der Waals surface area contributed by atoms with Crippen molar-refractivity contribution in [1.29, 1.82) is 0 Å². The molecule has 0 saturated carbocycles. The molecule has 2 aromatic heterocycles. The lowest BCUT2D eigenvalue weighted by molar-refractivity contribution is -0.00757. The van der Waals surface area contributed by atoms with Crippen LogP contribution in [0.3, 0.4) is 0 Å². The van der Waals surface area contributed by atoms with E-state index in [2.05, 4.69) is 15.0 Å². The van der Waals surface area contributed by atoms with Crippen LogP contribution in [0.1, 0.15) is 46.5 Å². The number of pyridine rings is 1. The van der Waals surface area contributed by atoms with Crippen LogP contribution in [0.2, 0.25) is 0 Å². The molecule has 2 bridgehead atoms. The molecule has 1 N–H and O–H groups in total. The fourth-order valence-corrected chi connectivity index (χ4v) is 4.00. The van der Waals surface area contributed by atoms with Crippen LogP contribution in [0.25, 0.3) is 10.9 Å². The molecule has 2 aromatic rings. The number of aromatic hydroxyl groups is 1. The summed E-state index contributed by atoms with van der Waals surface area (Å²) >= 11 is 0. The fourth-order valence-electron chi connectivity index (χ4n) is 4.00. The molecule has 2 aliphatic heterocycles. The minimum absolute atomic E-state index is 0.0297. The standard InChI is InChI=1S/C19H24N4O4/c1-19(2,3)27-18(25)23-11-4-5-12(23)7-13(6-11)26-16-8-14-15(9-20-16)21-10-22-17(14)24/h8-13H,4-7H2,1-3H3,(H,21,22,24). The second kappa shape index (κ2) is 6.51. The van der Waals surface area contributed by atoms with Gasteiger partial charge in [0, 0.05) is 31.0 Å². The van der Waals surface area contributed by atoms with Gasteiger partial charge in [-0.1, -0.05) is 0 Å². The van der Waals surface area contributed by atoms with Gasteiger partial charge in [0.15, 0.2) is 0 Å². The lowest BCUT2D eigenvalue weighted by Gasteiger charge is -2.39. The van der Waals surface area contributed by atoms with Crippen LogP contribution in [0, 0.1) is 0 Å². The van der Waals surface area contributed by atoms with Gasteiger partial charge in [0.1, 0.15) is 18.0 Å². The molecule has 2 atom stereocenters. The van der Waals surface area contributed by atoms with E-state index in [-0.39, 0.29) is 30.2 Å². The number of carbonyl (C=O) groups is 1. The lowest BCUT2D eigenvalue weighted by atomic mass is 10.0. The first-order valence-electron chi connectivity index (χ1n) is 9.28. The van der Waals surface area contributed by atoms with Gasteiger partial charge >= 0.3 is 6.09 Å². The molecule has 2 fully saturated rings. The van der Waals surface area contributed by atoms with Gasteiger partial charge in [0.25, 0.3) is 0 Å². The third-order valence-corrected chi connectivity index (χ3v) is 5.06. The second-order valence-corrected chi connectivity index (χ2v) is 8.22. The highest BCUT2D eigenvalue weighted by Gasteiger charge is 2.45. The molecule has 2 saturated heterocycles. The summed E-state index contributed by atoms with van der Waals surface area (Å²) in [6.07, 6.45) is 6.00. The van der Waals surface area contributed by atoms with E-state index in [0.717, 1.165) is 25.7 Å². The van der Waals surface area contributed by atoms with E-state index >= 15 is 0 Å². The van der Waals surface area contributed by atoms with Crippen LogP contribution < -0.4 is 4.74 Å². The number of rotatable bonds is 2. The first kappa shape index (κ1) is 17.8. The summed E-state index contributed by atoms with van der Waals surface area (Å²) in [4.78, 5) is 26.6. The largest absolute Gasteiger partial charge is 0.493 e. The molecule has 0 aliphatic carbocycles. The Bertz CT molecular complexity index is 852. The van der Waals surface area contributed by atoms with Crippen LogP contribution in [0.5, 0.6) is 11.8 Å². The smallest absolute Gasteiger partial charge is 0.410 e. The molecule has 4 rings (SSSR count). The quantitative estimate of drug-likeness (QED) is 0.865. The highest BCUT2D eigenvalue weighted by atomic mass is 16.6. The van der Waals surface area contributed by atoms with Crippen molar-refractivity contribution >= 4 is 17.0 Å².